The third kappa shape index (κ3) is 5.45. The summed E-state index contributed by atoms with van der Waals surface area (Å²) in [4.78, 5) is 0. The summed E-state index contributed by atoms with van der Waals surface area (Å²) >= 11 is 3.93. The Kier molecular flexibility index (Phi) is 7.03. The zero-order valence-electron chi connectivity index (χ0n) is 2.85. The molecular formula is C3H6Te2. The Balaban J connectivity index is 2.40. The van der Waals surface area contributed by atoms with Crippen LogP contribution in [-0.4, -0.2) is 48.2 Å². The van der Waals surface area contributed by atoms with Crippen LogP contribution in [0.5, 0.6) is 0 Å². The van der Waals surface area contributed by atoms with Gasteiger partial charge in [-0.25, -0.2) is 0 Å². The Hall–Kier alpha value is 1.45. The molecule has 0 aromatic rings. The number of hydrogen-bond donors (Lipinski definition) is 0. The summed E-state index contributed by atoms with van der Waals surface area (Å²) in [5.41, 5.74) is 0. The fraction of sp³-hybridized carbons (Fsp3) is 0.667. The van der Waals surface area contributed by atoms with E-state index in [0.29, 0.717) is 0 Å². The molecule has 0 aromatic heterocycles. The first-order valence-corrected chi connectivity index (χ1v) is 4.61. The third-order valence-corrected chi connectivity index (χ3v) is 1.66. The molecule has 0 nitrogen and oxygen atoms in total. The molecule has 0 saturated carbocycles. The topological polar surface area (TPSA) is 0 Å². The molecule has 0 unspecified atom stereocenters. The van der Waals surface area contributed by atoms with Crippen molar-refractivity contribution in [3.8, 4) is 0 Å². The van der Waals surface area contributed by atoms with E-state index in [1.165, 1.54) is 10.9 Å². The van der Waals surface area contributed by atoms with Gasteiger partial charge in [-0.15, -0.1) is 0 Å². The minimum atomic E-state index is 1.29. The van der Waals surface area contributed by atoms with Gasteiger partial charge in [-0.05, 0) is 0 Å². The number of hydrogen-bond acceptors (Lipinski definition) is 0. The zero-order valence-corrected chi connectivity index (χ0v) is 7.73. The quantitative estimate of drug-likeness (QED) is 0.612. The van der Waals surface area contributed by atoms with Gasteiger partial charge < -0.3 is 0 Å². The molecule has 0 spiro atoms. The van der Waals surface area contributed by atoms with E-state index in [1.54, 1.807) is 0 Å². The second-order valence-electron chi connectivity index (χ2n) is 0.679. The van der Waals surface area contributed by atoms with Gasteiger partial charge in [0.15, 0.2) is 0 Å². The molecule has 0 amide bonds. The monoisotopic (exact) mass is 302 g/mol. The van der Waals surface area contributed by atoms with Crippen LogP contribution in [0.15, 0.2) is 0 Å². The van der Waals surface area contributed by atoms with Crippen LogP contribution < -0.4 is 0 Å². The van der Waals surface area contributed by atoms with Crippen molar-refractivity contribution in [1.29, 1.82) is 0 Å². The van der Waals surface area contributed by atoms with Crippen molar-refractivity contribution >= 4 is 48.2 Å². The summed E-state index contributed by atoms with van der Waals surface area (Å²) in [5, 5.41) is 0. The van der Waals surface area contributed by atoms with Gasteiger partial charge in [-0.1, -0.05) is 0 Å². The van der Waals surface area contributed by atoms with Crippen LogP contribution >= 0.6 is 0 Å². The van der Waals surface area contributed by atoms with Gasteiger partial charge in [0.05, 0.1) is 0 Å². The van der Waals surface area contributed by atoms with Crippen molar-refractivity contribution in [3.05, 3.63) is 0 Å². The van der Waals surface area contributed by atoms with Crippen molar-refractivity contribution in [2.24, 2.45) is 0 Å². The Labute approximate surface area is 58.6 Å². The predicted octanol–water partition coefficient (Wildman–Crippen LogP) is -0.334. The Morgan fingerprint density at radius 3 is 2.40 bits per heavy atom. The molecule has 0 aliphatic heterocycles. The second kappa shape index (κ2) is 5.45. The molecule has 30 valence electrons. The molecule has 0 fully saturated rings. The predicted molar refractivity (Wildman–Crippen MR) is 28.4 cm³/mol. The van der Waals surface area contributed by atoms with E-state index in [-0.39, 0.29) is 0 Å². The zero-order chi connectivity index (χ0) is 4.12. The van der Waals surface area contributed by atoms with E-state index in [4.69, 9.17) is 0 Å². The molecule has 2 heteroatoms. The second-order valence-corrected chi connectivity index (χ2v) is 2.91. The van der Waals surface area contributed by atoms with Crippen LogP contribution in [0.2, 0.25) is 4.47 Å². The normalized spacial score (nSPS) is 7.40. The van der Waals surface area contributed by atoms with Gasteiger partial charge >= 0.3 is 59.1 Å². The van der Waals surface area contributed by atoms with E-state index >= 15 is 0 Å². The van der Waals surface area contributed by atoms with Gasteiger partial charge in [0.2, 0.25) is 0 Å². The van der Waals surface area contributed by atoms with Crippen molar-refractivity contribution in [2.45, 2.75) is 10.9 Å². The van der Waals surface area contributed by atoms with Gasteiger partial charge in [0.25, 0.3) is 0 Å². The van der Waals surface area contributed by atoms with E-state index in [9.17, 15) is 0 Å². The maximum absolute atomic E-state index is 2.20. The van der Waals surface area contributed by atoms with Gasteiger partial charge in [0.1, 0.15) is 0 Å². The standard InChI is InChI=1S/C3H6Te2/c4-2-1-3-5/h2,5H,1,3H2. The van der Waals surface area contributed by atoms with Crippen LogP contribution in [0.25, 0.3) is 0 Å². The Bertz CT molecular complexity index is 26.1. The molecule has 0 atom stereocenters. The molecule has 0 aromatic carbocycles. The van der Waals surface area contributed by atoms with Crippen molar-refractivity contribution < 1.29 is 0 Å². The molecule has 0 rings (SSSR count). The Morgan fingerprint density at radius 1 is 1.80 bits per heavy atom. The third-order valence-electron chi connectivity index (χ3n) is 0.247. The van der Waals surface area contributed by atoms with Crippen LogP contribution in [-0.2, 0) is 0 Å². The van der Waals surface area contributed by atoms with E-state index in [2.05, 4.69) is 4.05 Å². The summed E-state index contributed by atoms with van der Waals surface area (Å²) < 4.78 is 3.54. The molecule has 0 heterocycles. The first kappa shape index (κ1) is 6.45. The van der Waals surface area contributed by atoms with Gasteiger partial charge in [-0.3, -0.25) is 0 Å². The van der Waals surface area contributed by atoms with E-state index in [0.717, 1.165) is 0 Å². The SMILES string of the molecule is [Te]=CCC[TeH]. The molecular weight excluding hydrogens is 291 g/mol. The number of rotatable bonds is 2. The summed E-state index contributed by atoms with van der Waals surface area (Å²) in [7, 11) is 0. The summed E-state index contributed by atoms with van der Waals surface area (Å²) in [6.45, 7) is 0. The van der Waals surface area contributed by atoms with Crippen molar-refractivity contribution in [1.82, 2.24) is 0 Å². The average molecular weight is 297 g/mol. The minimum absolute atomic E-state index is 1.29. The summed E-state index contributed by atoms with van der Waals surface area (Å²) in [6, 6.07) is 0. The van der Waals surface area contributed by atoms with Gasteiger partial charge in [-0.2, -0.15) is 0 Å². The summed E-state index contributed by atoms with van der Waals surface area (Å²) in [6.07, 6.45) is 1.29. The fourth-order valence-electron chi connectivity index (χ4n) is 0.0527. The maximum atomic E-state index is 2.20. The summed E-state index contributed by atoms with van der Waals surface area (Å²) in [5.74, 6) is 0. The molecule has 0 aliphatic rings. The first-order valence-electron chi connectivity index (χ1n) is 1.46. The van der Waals surface area contributed by atoms with Crippen LogP contribution in [0.1, 0.15) is 6.42 Å². The first-order chi connectivity index (χ1) is 2.41. The molecule has 0 radical (unpaired) electrons. The van der Waals surface area contributed by atoms with E-state index < -0.39 is 0 Å². The van der Waals surface area contributed by atoms with Gasteiger partial charge in [0, 0.05) is 0 Å². The van der Waals surface area contributed by atoms with Crippen LogP contribution in [0.3, 0.4) is 0 Å². The molecule has 5 heavy (non-hydrogen) atoms. The molecule has 0 saturated heterocycles. The average Bonchev–Trinajstić information content (AvgIpc) is 1.41. The molecule has 0 bridgehead atoms. The molecule has 0 aliphatic carbocycles. The Morgan fingerprint density at radius 2 is 2.40 bits per heavy atom. The van der Waals surface area contributed by atoms with E-state index in [1.807, 2.05) is 44.1 Å². The van der Waals surface area contributed by atoms with Crippen molar-refractivity contribution in [2.75, 3.05) is 0 Å². The van der Waals surface area contributed by atoms with Crippen molar-refractivity contribution in [3.63, 3.8) is 0 Å². The molecule has 0 N–H and O–H groups in total. The van der Waals surface area contributed by atoms with Crippen LogP contribution in [0.4, 0.5) is 0 Å². The van der Waals surface area contributed by atoms with Crippen LogP contribution in [0, 0.1) is 0 Å². The fourth-order valence-corrected chi connectivity index (χ4v) is 2.37.